The van der Waals surface area contributed by atoms with E-state index in [1.54, 1.807) is 6.08 Å². The number of aliphatic hydroxyl groups is 1. The van der Waals surface area contributed by atoms with E-state index in [1.807, 2.05) is 20.8 Å². The van der Waals surface area contributed by atoms with Crippen LogP contribution in [0.2, 0.25) is 18.1 Å². The molecule has 2 saturated carbocycles. The highest BCUT2D eigenvalue weighted by molar-refractivity contribution is 6.73. The van der Waals surface area contributed by atoms with E-state index in [1.165, 1.54) is 0 Å². The number of alkyl carbamates (subject to hydrolysis) is 1. The second-order valence-corrected chi connectivity index (χ2v) is 24.9. The van der Waals surface area contributed by atoms with Crippen LogP contribution in [0.15, 0.2) is 23.8 Å². The molecule has 2 N–H and O–H groups in total. The fraction of sp³-hybridized carbons (Fsp3) is 0.864. The van der Waals surface area contributed by atoms with Crippen molar-refractivity contribution in [3.63, 3.8) is 0 Å². The molecule has 4 fully saturated rings. The second-order valence-electron chi connectivity index (χ2n) is 20.2. The fourth-order valence-electron chi connectivity index (χ4n) is 12.2. The highest BCUT2D eigenvalue weighted by Gasteiger charge is 2.74. The number of esters is 1. The summed E-state index contributed by atoms with van der Waals surface area (Å²) in [5.74, 6) is -0.790. The summed E-state index contributed by atoms with van der Waals surface area (Å²) in [6.07, 6.45) is -0.106. The zero-order chi connectivity index (χ0) is 41.3. The molecule has 0 aromatic rings. The molecule has 10 nitrogen and oxygen atoms in total. The van der Waals surface area contributed by atoms with Gasteiger partial charge in [0.15, 0.2) is 20.7 Å². The second kappa shape index (κ2) is 15.4. The molecule has 3 aliphatic carbocycles. The molecule has 13 atom stereocenters. The lowest BCUT2D eigenvalue weighted by molar-refractivity contribution is -0.383. The van der Waals surface area contributed by atoms with Gasteiger partial charge in [-0.2, -0.15) is 0 Å². The minimum Gasteiger partial charge on any atom is -0.456 e. The molecule has 2 heterocycles. The van der Waals surface area contributed by atoms with Crippen molar-refractivity contribution in [3.05, 3.63) is 23.8 Å². The number of hydrogen-bond acceptors (Lipinski definition) is 9. The van der Waals surface area contributed by atoms with E-state index in [0.717, 1.165) is 35.7 Å². The van der Waals surface area contributed by atoms with Gasteiger partial charge in [0.2, 0.25) is 0 Å². The van der Waals surface area contributed by atoms with Crippen LogP contribution < -0.4 is 5.32 Å². The van der Waals surface area contributed by atoms with Gasteiger partial charge in [0.25, 0.3) is 0 Å². The average Bonchev–Trinajstić information content (AvgIpc) is 3.08. The molecule has 0 radical (unpaired) electrons. The lowest BCUT2D eigenvalue weighted by Crippen LogP contribution is -2.77. The van der Waals surface area contributed by atoms with Crippen molar-refractivity contribution in [2.75, 3.05) is 6.61 Å². The molecule has 2 bridgehead atoms. The van der Waals surface area contributed by atoms with E-state index < -0.39 is 67.0 Å². The summed E-state index contributed by atoms with van der Waals surface area (Å²) in [6, 6.07) is 1.78. The largest absolute Gasteiger partial charge is 0.456 e. The van der Waals surface area contributed by atoms with Crippen LogP contribution in [0.25, 0.3) is 0 Å². The minimum atomic E-state index is -2.41. The molecule has 2 saturated heterocycles. The maximum atomic E-state index is 15.0. The summed E-state index contributed by atoms with van der Waals surface area (Å²) in [5.41, 5.74) is -1.31. The molecule has 2 unspecified atom stereocenters. The molecule has 0 aromatic heterocycles. The van der Waals surface area contributed by atoms with E-state index >= 15 is 0 Å². The van der Waals surface area contributed by atoms with Gasteiger partial charge in [0.05, 0.1) is 36.6 Å². The normalized spacial score (nSPS) is 39.4. The van der Waals surface area contributed by atoms with Crippen molar-refractivity contribution in [2.24, 2.45) is 39.9 Å². The average molecular weight is 790 g/mol. The summed E-state index contributed by atoms with van der Waals surface area (Å²) >= 11 is 0. The van der Waals surface area contributed by atoms with Gasteiger partial charge >= 0.3 is 12.1 Å². The monoisotopic (exact) mass is 790 g/mol. The topological polar surface area (TPSA) is 122 Å². The fourth-order valence-corrected chi connectivity index (χ4v) is 15.0. The Bertz CT molecular complexity index is 1480. The Balaban J connectivity index is 1.62. The highest BCUT2D eigenvalue weighted by Crippen LogP contribution is 2.70. The molecular formula is C44H75NO9Si. The number of nitrogens with one attached hydrogen (secondary N) is 1. The zero-order valence-corrected chi connectivity index (χ0v) is 37.8. The number of hydrogen-bond donors (Lipinski definition) is 2. The van der Waals surface area contributed by atoms with Crippen LogP contribution in [0.4, 0.5) is 4.79 Å². The van der Waals surface area contributed by atoms with Gasteiger partial charge < -0.3 is 38.5 Å². The predicted molar refractivity (Wildman–Crippen MR) is 217 cm³/mol. The van der Waals surface area contributed by atoms with Gasteiger partial charge in [-0.15, -0.1) is 0 Å². The maximum absolute atomic E-state index is 15.0. The van der Waals surface area contributed by atoms with Crippen molar-refractivity contribution < 1.29 is 42.8 Å². The van der Waals surface area contributed by atoms with Crippen molar-refractivity contribution in [2.45, 2.75) is 195 Å². The van der Waals surface area contributed by atoms with Gasteiger partial charge in [0, 0.05) is 35.0 Å². The third-order valence-electron chi connectivity index (χ3n) is 15.1. The van der Waals surface area contributed by atoms with Crippen LogP contribution >= 0.6 is 0 Å². The quantitative estimate of drug-likeness (QED) is 0.114. The minimum absolute atomic E-state index is 0.00560. The Kier molecular flexibility index (Phi) is 12.4. The maximum Gasteiger partial charge on any atom is 0.407 e. The first-order valence-electron chi connectivity index (χ1n) is 21.3. The lowest BCUT2D eigenvalue weighted by Gasteiger charge is -2.72. The van der Waals surface area contributed by atoms with Crippen LogP contribution in [0.1, 0.15) is 123 Å². The van der Waals surface area contributed by atoms with Gasteiger partial charge in [-0.1, -0.05) is 88.3 Å². The molecule has 314 valence electrons. The smallest absolute Gasteiger partial charge is 0.407 e. The van der Waals surface area contributed by atoms with Crippen molar-refractivity contribution in [1.29, 1.82) is 0 Å². The molecular weight excluding hydrogens is 715 g/mol. The standard InChI is InChI=1S/C44H75NO9Si/c1-17-33-51-32-22-31-42(15,24-49-31)36-28(9)44(48)23-30(26(7)34(41(44,13)14)27(8)37(52-33)43(32,36)16)50-38(46)35(54-55(18-2,19-3)20-4)29(21-25(5)6)45-39(47)53-40(10,11)12/h17,25,27-33,35-37,48H,1,18-24H2,2-16H3,(H,45,47)/t27-,28-,29-,30-,31+,32-,33?,35?,36+,37-,42+,43+,44+/m0/s1. The molecule has 5 rings (SSSR count). The van der Waals surface area contributed by atoms with E-state index in [9.17, 15) is 14.7 Å². The van der Waals surface area contributed by atoms with Gasteiger partial charge in [0.1, 0.15) is 11.7 Å². The highest BCUT2D eigenvalue weighted by atomic mass is 28.4. The Hall–Kier alpha value is -1.76. The Labute approximate surface area is 333 Å². The predicted octanol–water partition coefficient (Wildman–Crippen LogP) is 8.72. The van der Waals surface area contributed by atoms with Crippen molar-refractivity contribution >= 4 is 20.4 Å². The van der Waals surface area contributed by atoms with Crippen LogP contribution in [0.5, 0.6) is 0 Å². The first-order chi connectivity index (χ1) is 25.4. The summed E-state index contributed by atoms with van der Waals surface area (Å²) < 4.78 is 39.3. The Morgan fingerprint density at radius 2 is 1.67 bits per heavy atom. The van der Waals surface area contributed by atoms with Crippen LogP contribution in [-0.2, 0) is 32.9 Å². The van der Waals surface area contributed by atoms with Crippen molar-refractivity contribution in [3.8, 4) is 0 Å². The van der Waals surface area contributed by atoms with E-state index in [-0.39, 0.29) is 53.8 Å². The molecule has 1 amide bonds. The van der Waals surface area contributed by atoms with Gasteiger partial charge in [-0.3, -0.25) is 0 Å². The number of carbonyl (C=O) groups excluding carboxylic acids is 2. The number of fused-ring (bicyclic) bond motifs is 4. The summed E-state index contributed by atoms with van der Waals surface area (Å²) in [4.78, 5) is 28.3. The van der Waals surface area contributed by atoms with E-state index in [2.05, 4.69) is 95.0 Å². The molecule has 55 heavy (non-hydrogen) atoms. The van der Waals surface area contributed by atoms with Crippen LogP contribution in [0, 0.1) is 39.9 Å². The van der Waals surface area contributed by atoms with Crippen LogP contribution in [-0.4, -0.2) is 86.1 Å². The zero-order valence-electron chi connectivity index (χ0n) is 36.8. The first kappa shape index (κ1) is 44.3. The van der Waals surface area contributed by atoms with Gasteiger partial charge in [-0.25, -0.2) is 9.59 Å². The lowest BCUT2D eigenvalue weighted by atomic mass is 9.39. The summed E-state index contributed by atoms with van der Waals surface area (Å²) in [5, 5.41) is 16.5. The summed E-state index contributed by atoms with van der Waals surface area (Å²) in [6.45, 7) is 36.0. The first-order valence-corrected chi connectivity index (χ1v) is 23.8. The molecule has 2 aliphatic heterocycles. The number of amides is 1. The van der Waals surface area contributed by atoms with Crippen LogP contribution in [0.3, 0.4) is 0 Å². The molecule has 11 heteroatoms. The summed E-state index contributed by atoms with van der Waals surface area (Å²) in [7, 11) is -2.41. The number of ether oxygens (including phenoxy) is 5. The van der Waals surface area contributed by atoms with Crippen molar-refractivity contribution in [1.82, 2.24) is 5.32 Å². The third kappa shape index (κ3) is 7.43. The molecule has 0 aromatic carbocycles. The number of rotatable bonds is 12. The Morgan fingerprint density at radius 1 is 1.05 bits per heavy atom. The molecule has 5 aliphatic rings. The SMILES string of the molecule is C=CC1O[C@H]2C[C@H]3OC[C@@]3(C)[C@H]3[C@H](C)[C@]4(O)C[C@H](OC(=O)C(O[Si](CC)(CC)CC)[C@H](CC(C)C)NC(=O)OC(C)(C)C)C(C)=C([C@H](C)[C@H](O1)[C@]23C)C4(C)C. The number of carbonyl (C=O) groups is 2. The Morgan fingerprint density at radius 3 is 2.18 bits per heavy atom. The third-order valence-corrected chi connectivity index (χ3v) is 19.8. The molecule has 0 spiro atoms. The van der Waals surface area contributed by atoms with Gasteiger partial charge in [-0.05, 0) is 81.7 Å². The van der Waals surface area contributed by atoms with E-state index in [0.29, 0.717) is 13.0 Å². The van der Waals surface area contributed by atoms with E-state index in [4.69, 9.17) is 28.1 Å².